The summed E-state index contributed by atoms with van der Waals surface area (Å²) in [6.07, 6.45) is 2.68. The largest absolute Gasteiger partial charge is 0.490 e. The first kappa shape index (κ1) is 23.7. The molecule has 0 saturated heterocycles. The van der Waals surface area contributed by atoms with E-state index in [4.69, 9.17) is 14.6 Å². The first-order chi connectivity index (χ1) is 15.9. The highest BCUT2D eigenvalue weighted by Crippen LogP contribution is 2.37. The fourth-order valence-corrected chi connectivity index (χ4v) is 3.32. The average molecular weight is 515 g/mol. The Bertz CT molecular complexity index is 1180. The molecule has 1 heterocycles. The molecule has 0 aliphatic carbocycles. The highest BCUT2D eigenvalue weighted by Gasteiger charge is 2.13. The number of aromatic nitrogens is 1. The molecule has 0 bridgehead atoms. The van der Waals surface area contributed by atoms with E-state index in [1.54, 1.807) is 30.3 Å². The van der Waals surface area contributed by atoms with Crippen molar-refractivity contribution in [2.24, 2.45) is 5.10 Å². The molecule has 3 aromatic rings. The molecule has 1 aromatic heterocycles. The van der Waals surface area contributed by atoms with Gasteiger partial charge >= 0.3 is 5.97 Å². The molecule has 0 aliphatic heterocycles. The summed E-state index contributed by atoms with van der Waals surface area (Å²) in [6.45, 7) is 2.40. The van der Waals surface area contributed by atoms with E-state index in [-0.39, 0.29) is 17.9 Å². The first-order valence-corrected chi connectivity index (χ1v) is 10.5. The topological polar surface area (TPSA) is 136 Å². The Morgan fingerprint density at radius 3 is 2.76 bits per heavy atom. The zero-order valence-corrected chi connectivity index (χ0v) is 19.0. The summed E-state index contributed by atoms with van der Waals surface area (Å²) in [6, 6.07) is 12.8. The molecule has 0 atom stereocenters. The lowest BCUT2D eigenvalue weighted by Gasteiger charge is -2.15. The summed E-state index contributed by atoms with van der Waals surface area (Å²) in [5.74, 6) is 0.301. The number of ether oxygens (including phenoxy) is 2. The van der Waals surface area contributed by atoms with Crippen LogP contribution in [0.4, 0.5) is 11.5 Å². The molecule has 3 rings (SSSR count). The van der Waals surface area contributed by atoms with Gasteiger partial charge in [-0.05, 0) is 64.3 Å². The Morgan fingerprint density at radius 2 is 2.09 bits per heavy atom. The molecular weight excluding hydrogens is 496 g/mol. The smallest absolute Gasteiger partial charge is 0.335 e. The predicted molar refractivity (Wildman–Crippen MR) is 125 cm³/mol. The second kappa shape index (κ2) is 11.0. The minimum absolute atomic E-state index is 0.111. The van der Waals surface area contributed by atoms with Crippen LogP contribution in [0.5, 0.6) is 11.5 Å². The lowest BCUT2D eigenvalue weighted by molar-refractivity contribution is -0.385. The molecule has 0 radical (unpaired) electrons. The summed E-state index contributed by atoms with van der Waals surface area (Å²) in [7, 11) is 0. The van der Waals surface area contributed by atoms with Gasteiger partial charge in [-0.25, -0.2) is 9.78 Å². The number of nitrogens with zero attached hydrogens (tertiary/aromatic N) is 3. The number of carbonyl (C=O) groups is 1. The van der Waals surface area contributed by atoms with Crippen molar-refractivity contribution in [2.75, 3.05) is 12.0 Å². The van der Waals surface area contributed by atoms with Crippen LogP contribution in [-0.4, -0.2) is 33.8 Å². The van der Waals surface area contributed by atoms with Crippen molar-refractivity contribution < 1.29 is 24.3 Å². The Balaban J connectivity index is 1.73. The number of aromatic carboxylic acids is 1. The third-order valence-electron chi connectivity index (χ3n) is 4.24. The Morgan fingerprint density at radius 1 is 1.27 bits per heavy atom. The zero-order chi connectivity index (χ0) is 23.8. The molecule has 0 spiro atoms. The van der Waals surface area contributed by atoms with E-state index in [0.29, 0.717) is 39.5 Å². The Kier molecular flexibility index (Phi) is 7.92. The molecular formula is C22H19BrN4O6. The number of hydrazone groups is 1. The van der Waals surface area contributed by atoms with Gasteiger partial charge in [0.15, 0.2) is 11.5 Å². The highest BCUT2D eigenvalue weighted by atomic mass is 79.9. The summed E-state index contributed by atoms with van der Waals surface area (Å²) in [4.78, 5) is 25.2. The van der Waals surface area contributed by atoms with Crippen LogP contribution in [0.2, 0.25) is 0 Å². The molecule has 0 amide bonds. The molecule has 10 nitrogen and oxygen atoms in total. The first-order valence-electron chi connectivity index (χ1n) is 9.68. The molecule has 11 heteroatoms. The lowest BCUT2D eigenvalue weighted by atomic mass is 10.1. The number of hydrogen-bond acceptors (Lipinski definition) is 8. The molecule has 170 valence electrons. The molecule has 2 aromatic carbocycles. The molecule has 0 unspecified atom stereocenters. The summed E-state index contributed by atoms with van der Waals surface area (Å²) in [5.41, 5.74) is 4.18. The van der Waals surface area contributed by atoms with Gasteiger partial charge in [-0.1, -0.05) is 12.1 Å². The van der Waals surface area contributed by atoms with E-state index in [9.17, 15) is 14.9 Å². The number of nitrogens with one attached hydrogen (secondary N) is 1. The molecule has 2 N–H and O–H groups in total. The van der Waals surface area contributed by atoms with Crippen molar-refractivity contribution >= 4 is 39.6 Å². The van der Waals surface area contributed by atoms with Crippen LogP contribution in [0.3, 0.4) is 0 Å². The highest BCUT2D eigenvalue weighted by molar-refractivity contribution is 9.10. The van der Waals surface area contributed by atoms with Gasteiger partial charge in [0.05, 0.1) is 27.8 Å². The standard InChI is InChI=1S/C22H19BrN4O6/c1-2-32-19-10-15(11-25-26-20-7-6-17(12-24-20)27(30)31)9-18(23)21(19)33-13-14-4-3-5-16(8-14)22(28)29/h3-12H,2,13H2,1H3,(H,24,26)(H,28,29)/b25-11+. The van der Waals surface area contributed by atoms with E-state index in [2.05, 4.69) is 31.4 Å². The molecule has 0 fully saturated rings. The summed E-state index contributed by atoms with van der Waals surface area (Å²) >= 11 is 3.48. The van der Waals surface area contributed by atoms with Crippen molar-refractivity contribution in [1.82, 2.24) is 4.98 Å². The average Bonchev–Trinajstić information content (AvgIpc) is 2.79. The van der Waals surface area contributed by atoms with Gasteiger partial charge in [-0.3, -0.25) is 15.5 Å². The second-order valence-corrected chi connectivity index (χ2v) is 7.44. The van der Waals surface area contributed by atoms with Crippen LogP contribution in [-0.2, 0) is 6.61 Å². The van der Waals surface area contributed by atoms with Gasteiger partial charge in [-0.2, -0.15) is 5.10 Å². The number of anilines is 1. The van der Waals surface area contributed by atoms with E-state index in [1.807, 2.05) is 6.92 Å². The van der Waals surface area contributed by atoms with Crippen molar-refractivity contribution in [3.63, 3.8) is 0 Å². The van der Waals surface area contributed by atoms with Crippen molar-refractivity contribution in [1.29, 1.82) is 0 Å². The van der Waals surface area contributed by atoms with E-state index >= 15 is 0 Å². The molecule has 0 saturated carbocycles. The number of pyridine rings is 1. The van der Waals surface area contributed by atoms with Gasteiger partial charge in [0.2, 0.25) is 0 Å². The van der Waals surface area contributed by atoms with Crippen LogP contribution in [0.25, 0.3) is 0 Å². The normalized spacial score (nSPS) is 10.7. The minimum atomic E-state index is -1.01. The van der Waals surface area contributed by atoms with Crippen LogP contribution in [0.1, 0.15) is 28.4 Å². The van der Waals surface area contributed by atoms with Crippen LogP contribution < -0.4 is 14.9 Å². The summed E-state index contributed by atoms with van der Waals surface area (Å²) < 4.78 is 12.2. The van der Waals surface area contributed by atoms with Crippen molar-refractivity contribution in [2.45, 2.75) is 13.5 Å². The van der Waals surface area contributed by atoms with Gasteiger partial charge in [0, 0.05) is 6.07 Å². The van der Waals surface area contributed by atoms with Crippen molar-refractivity contribution in [3.8, 4) is 11.5 Å². The number of halogens is 1. The van der Waals surface area contributed by atoms with Gasteiger partial charge in [0.25, 0.3) is 5.69 Å². The zero-order valence-electron chi connectivity index (χ0n) is 17.4. The maximum absolute atomic E-state index is 11.2. The Hall–Kier alpha value is -3.99. The maximum Gasteiger partial charge on any atom is 0.335 e. The quantitative estimate of drug-likeness (QED) is 0.222. The maximum atomic E-state index is 11.2. The number of carboxylic acids is 1. The van der Waals surface area contributed by atoms with E-state index in [1.165, 1.54) is 24.4 Å². The van der Waals surface area contributed by atoms with Crippen LogP contribution >= 0.6 is 15.9 Å². The summed E-state index contributed by atoms with van der Waals surface area (Å²) in [5, 5.41) is 23.9. The van der Waals surface area contributed by atoms with E-state index in [0.717, 1.165) is 6.20 Å². The number of rotatable bonds is 10. The van der Waals surface area contributed by atoms with E-state index < -0.39 is 10.9 Å². The SMILES string of the molecule is CCOc1cc(/C=N/Nc2ccc([N+](=O)[O-])cn2)cc(Br)c1OCc1cccc(C(=O)O)c1. The third-order valence-corrected chi connectivity index (χ3v) is 4.83. The predicted octanol–water partition coefficient (Wildman–Crippen LogP) is 4.87. The number of nitro groups is 1. The lowest BCUT2D eigenvalue weighted by Crippen LogP contribution is -2.03. The Labute approximate surface area is 197 Å². The number of carboxylic acid groups (broad SMARTS) is 1. The van der Waals surface area contributed by atoms with Gasteiger partial charge < -0.3 is 14.6 Å². The number of hydrogen-bond donors (Lipinski definition) is 2. The fraction of sp³-hybridized carbons (Fsp3) is 0.136. The van der Waals surface area contributed by atoms with Gasteiger partial charge in [-0.15, -0.1) is 0 Å². The van der Waals surface area contributed by atoms with Crippen molar-refractivity contribution in [3.05, 3.63) is 86.0 Å². The third kappa shape index (κ3) is 6.50. The monoisotopic (exact) mass is 514 g/mol. The fourth-order valence-electron chi connectivity index (χ4n) is 2.75. The minimum Gasteiger partial charge on any atom is -0.490 e. The number of benzene rings is 2. The van der Waals surface area contributed by atoms with Gasteiger partial charge in [0.1, 0.15) is 18.6 Å². The van der Waals surface area contributed by atoms with Crippen LogP contribution in [0, 0.1) is 10.1 Å². The molecule has 0 aliphatic rings. The molecule has 33 heavy (non-hydrogen) atoms. The van der Waals surface area contributed by atoms with Crippen LogP contribution in [0.15, 0.2) is 64.3 Å². The second-order valence-electron chi connectivity index (χ2n) is 6.59.